The summed E-state index contributed by atoms with van der Waals surface area (Å²) in [6.45, 7) is 2.04. The van der Waals surface area contributed by atoms with Crippen molar-refractivity contribution in [2.75, 3.05) is 19.7 Å². The van der Waals surface area contributed by atoms with Crippen molar-refractivity contribution in [1.29, 1.82) is 0 Å². The quantitative estimate of drug-likeness (QED) is 0.780. The standard InChI is InChI=1S/C22H21N5O4/c23-20(28)16-2-1-6-26(16)17-11-30-10-13-5-7-27-19(13)15(17)9-24-21(27)12-3-4-14-18(8-12)31-25-22(14)29/h3-4,8-9,11,16H,1-2,5-7,10H2,(H2,23,28)(H,25,29)/t16-/m0/s1. The van der Waals surface area contributed by atoms with Crippen molar-refractivity contribution in [1.82, 2.24) is 15.0 Å². The minimum absolute atomic E-state index is 0.245. The molecule has 1 amide bonds. The Labute approximate surface area is 177 Å². The molecule has 9 nitrogen and oxygen atoms in total. The van der Waals surface area contributed by atoms with Gasteiger partial charge < -0.3 is 24.8 Å². The Hall–Kier alpha value is -3.75. The highest BCUT2D eigenvalue weighted by atomic mass is 16.5. The van der Waals surface area contributed by atoms with Crippen LogP contribution in [0.5, 0.6) is 0 Å². The van der Waals surface area contributed by atoms with Crippen LogP contribution in [0.1, 0.15) is 24.8 Å². The number of primary amides is 1. The molecule has 0 spiro atoms. The number of fused-ring (bicyclic) bond motifs is 1. The number of aliphatic imine (C=N–C) groups is 1. The lowest BCUT2D eigenvalue weighted by atomic mass is 10.0. The van der Waals surface area contributed by atoms with Crippen LogP contribution in [0, 0.1) is 0 Å². The maximum atomic E-state index is 12.0. The Kier molecular flexibility index (Phi) is 3.86. The van der Waals surface area contributed by atoms with Gasteiger partial charge in [0, 0.05) is 30.4 Å². The van der Waals surface area contributed by atoms with Gasteiger partial charge in [0.2, 0.25) is 5.91 Å². The molecule has 4 aliphatic heterocycles. The molecule has 0 unspecified atom stereocenters. The fourth-order valence-corrected chi connectivity index (χ4v) is 4.98. The third kappa shape index (κ3) is 2.66. The van der Waals surface area contributed by atoms with E-state index >= 15 is 0 Å². The van der Waals surface area contributed by atoms with Gasteiger partial charge in [0.05, 0.1) is 16.8 Å². The Bertz CT molecular complexity index is 1290. The van der Waals surface area contributed by atoms with E-state index in [1.165, 1.54) is 5.57 Å². The van der Waals surface area contributed by atoms with Gasteiger partial charge in [-0.15, -0.1) is 0 Å². The number of carbonyl (C=O) groups is 1. The summed E-state index contributed by atoms with van der Waals surface area (Å²) in [6, 6.07) is 5.13. The second kappa shape index (κ2) is 6.63. The van der Waals surface area contributed by atoms with Crippen molar-refractivity contribution in [3.8, 4) is 0 Å². The largest absolute Gasteiger partial charge is 0.495 e. The molecule has 158 valence electrons. The molecule has 3 N–H and O–H groups in total. The summed E-state index contributed by atoms with van der Waals surface area (Å²) in [7, 11) is 0. The summed E-state index contributed by atoms with van der Waals surface area (Å²) in [5.41, 5.74) is 10.9. The van der Waals surface area contributed by atoms with Gasteiger partial charge in [0.25, 0.3) is 5.56 Å². The van der Waals surface area contributed by atoms with Crippen LogP contribution >= 0.6 is 0 Å². The number of hydrogen-bond acceptors (Lipinski definition) is 7. The lowest BCUT2D eigenvalue weighted by Gasteiger charge is -2.33. The van der Waals surface area contributed by atoms with Crippen molar-refractivity contribution in [3.63, 3.8) is 0 Å². The van der Waals surface area contributed by atoms with E-state index in [1.54, 1.807) is 12.3 Å². The number of hydrogen-bond donors (Lipinski definition) is 2. The molecule has 1 atom stereocenters. The highest BCUT2D eigenvalue weighted by Crippen LogP contribution is 2.41. The summed E-state index contributed by atoms with van der Waals surface area (Å²) in [5, 5.41) is 2.88. The van der Waals surface area contributed by atoms with Crippen LogP contribution in [0.2, 0.25) is 0 Å². The van der Waals surface area contributed by atoms with E-state index in [0.717, 1.165) is 60.7 Å². The van der Waals surface area contributed by atoms with E-state index in [9.17, 15) is 9.59 Å². The summed E-state index contributed by atoms with van der Waals surface area (Å²) in [6.07, 6.45) is 6.11. The van der Waals surface area contributed by atoms with Crippen molar-refractivity contribution >= 4 is 22.7 Å². The van der Waals surface area contributed by atoms with Crippen LogP contribution in [0.15, 0.2) is 67.5 Å². The lowest BCUT2D eigenvalue weighted by Crippen LogP contribution is -2.41. The van der Waals surface area contributed by atoms with E-state index in [4.69, 9.17) is 20.0 Å². The molecule has 1 saturated heterocycles. The van der Waals surface area contributed by atoms with Crippen LogP contribution in [-0.4, -0.2) is 52.4 Å². The predicted octanol–water partition coefficient (Wildman–Crippen LogP) is 1.55. The van der Waals surface area contributed by atoms with Crippen molar-refractivity contribution in [2.24, 2.45) is 10.7 Å². The van der Waals surface area contributed by atoms with Gasteiger partial charge in [0.15, 0.2) is 5.58 Å². The Morgan fingerprint density at radius 3 is 3.06 bits per heavy atom. The molecular formula is C22H21N5O4. The minimum atomic E-state index is -0.336. The fourth-order valence-electron chi connectivity index (χ4n) is 4.98. The molecular weight excluding hydrogens is 398 g/mol. The maximum Gasteiger partial charge on any atom is 0.287 e. The zero-order chi connectivity index (χ0) is 21.1. The first-order chi connectivity index (χ1) is 15.1. The number of ether oxygens (including phenoxy) is 1. The van der Waals surface area contributed by atoms with Crippen LogP contribution in [0.4, 0.5) is 0 Å². The molecule has 6 rings (SSSR count). The van der Waals surface area contributed by atoms with E-state index < -0.39 is 0 Å². The number of aromatic nitrogens is 1. The van der Waals surface area contributed by atoms with Gasteiger partial charge in [-0.2, -0.15) is 5.16 Å². The van der Waals surface area contributed by atoms with E-state index in [2.05, 4.69) is 10.1 Å². The molecule has 0 bridgehead atoms. The molecule has 2 aromatic rings. The maximum absolute atomic E-state index is 12.0. The average molecular weight is 419 g/mol. The smallest absolute Gasteiger partial charge is 0.287 e. The summed E-state index contributed by atoms with van der Waals surface area (Å²) >= 11 is 0. The number of nitrogens with two attached hydrogens (primary N) is 1. The Morgan fingerprint density at radius 2 is 2.19 bits per heavy atom. The number of aromatic amines is 1. The second-order valence-corrected chi connectivity index (χ2v) is 8.16. The van der Waals surface area contributed by atoms with Gasteiger partial charge in [-0.05, 0) is 37.0 Å². The van der Waals surface area contributed by atoms with E-state index in [0.29, 0.717) is 17.6 Å². The number of benzene rings is 1. The summed E-state index contributed by atoms with van der Waals surface area (Å²) < 4.78 is 11.2. The highest BCUT2D eigenvalue weighted by Gasteiger charge is 2.39. The van der Waals surface area contributed by atoms with Crippen LogP contribution in [-0.2, 0) is 9.53 Å². The number of likely N-dealkylation sites (tertiary alicyclic amines) is 1. The van der Waals surface area contributed by atoms with Gasteiger partial charge in [-0.25, -0.2) is 4.99 Å². The first-order valence-corrected chi connectivity index (χ1v) is 10.4. The molecule has 1 aromatic heterocycles. The number of rotatable bonds is 3. The number of H-pyrrole nitrogens is 1. The van der Waals surface area contributed by atoms with Crippen molar-refractivity contribution in [3.05, 3.63) is 69.1 Å². The molecule has 0 aliphatic carbocycles. The number of amides is 1. The summed E-state index contributed by atoms with van der Waals surface area (Å²) in [5.74, 6) is 0.482. The fraction of sp³-hybridized carbons (Fsp3) is 0.318. The Balaban J connectivity index is 1.45. The number of amidine groups is 1. The molecule has 1 aromatic carbocycles. The van der Waals surface area contributed by atoms with Crippen LogP contribution in [0.3, 0.4) is 0 Å². The highest BCUT2D eigenvalue weighted by molar-refractivity contribution is 6.04. The zero-order valence-electron chi connectivity index (χ0n) is 16.8. The monoisotopic (exact) mass is 419 g/mol. The topological polar surface area (TPSA) is 117 Å². The number of carbonyl (C=O) groups excluding carboxylic acids is 1. The van der Waals surface area contributed by atoms with Gasteiger partial charge in [0.1, 0.15) is 24.7 Å². The SMILES string of the molecule is NC(=O)[C@@H]1CCCN1C1=COCC2=C3C1=CN=C(c1ccc4c(=O)[nH]oc4c1)N3CC2. The molecule has 0 radical (unpaired) electrons. The van der Waals surface area contributed by atoms with Gasteiger partial charge in [-0.3, -0.25) is 9.59 Å². The predicted molar refractivity (Wildman–Crippen MR) is 113 cm³/mol. The average Bonchev–Trinajstić information content (AvgIpc) is 3.47. The van der Waals surface area contributed by atoms with E-state index in [-0.39, 0.29) is 17.5 Å². The Morgan fingerprint density at radius 1 is 1.29 bits per heavy atom. The third-order valence-corrected chi connectivity index (χ3v) is 6.43. The third-order valence-electron chi connectivity index (χ3n) is 6.43. The molecule has 0 saturated carbocycles. The van der Waals surface area contributed by atoms with E-state index in [1.807, 2.05) is 23.2 Å². The normalized spacial score (nSPS) is 22.7. The number of nitrogens with zero attached hydrogens (tertiary/aromatic N) is 3. The van der Waals surface area contributed by atoms with Gasteiger partial charge in [-0.1, -0.05) is 6.07 Å². The zero-order valence-corrected chi connectivity index (χ0v) is 16.8. The molecule has 5 heterocycles. The minimum Gasteiger partial charge on any atom is -0.495 e. The number of nitrogens with one attached hydrogen (secondary N) is 1. The van der Waals surface area contributed by atoms with Crippen molar-refractivity contribution in [2.45, 2.75) is 25.3 Å². The lowest BCUT2D eigenvalue weighted by molar-refractivity contribution is -0.121. The second-order valence-electron chi connectivity index (χ2n) is 8.16. The first kappa shape index (κ1) is 18.1. The molecule has 31 heavy (non-hydrogen) atoms. The molecule has 1 fully saturated rings. The van der Waals surface area contributed by atoms with Crippen LogP contribution < -0.4 is 11.3 Å². The van der Waals surface area contributed by atoms with Crippen molar-refractivity contribution < 1.29 is 14.1 Å². The first-order valence-electron chi connectivity index (χ1n) is 10.4. The summed E-state index contributed by atoms with van der Waals surface area (Å²) in [4.78, 5) is 32.8. The van der Waals surface area contributed by atoms with Crippen LogP contribution in [0.25, 0.3) is 11.0 Å². The molecule has 9 heteroatoms. The van der Waals surface area contributed by atoms with Gasteiger partial charge >= 0.3 is 0 Å². The molecule has 4 aliphatic rings.